The van der Waals surface area contributed by atoms with Gasteiger partial charge in [-0.2, -0.15) is 0 Å². The van der Waals surface area contributed by atoms with Gasteiger partial charge in [0.1, 0.15) is 5.82 Å². The number of halogens is 2. The van der Waals surface area contributed by atoms with Gasteiger partial charge in [-0.05, 0) is 37.0 Å². The minimum atomic E-state index is -0.213. The van der Waals surface area contributed by atoms with Crippen molar-refractivity contribution in [2.24, 2.45) is 4.99 Å². The lowest BCUT2D eigenvalue weighted by Gasteiger charge is -2.22. The lowest BCUT2D eigenvalue weighted by atomic mass is 9.96. The Kier molecular flexibility index (Phi) is 5.80. The van der Waals surface area contributed by atoms with Gasteiger partial charge in [0.2, 0.25) is 0 Å². The van der Waals surface area contributed by atoms with Gasteiger partial charge in [-0.1, -0.05) is 12.1 Å². The molecule has 0 spiro atoms. The van der Waals surface area contributed by atoms with E-state index in [0.717, 1.165) is 24.4 Å². The molecule has 2 N–H and O–H groups in total. The number of rotatable bonds is 3. The van der Waals surface area contributed by atoms with Gasteiger partial charge in [0.15, 0.2) is 5.96 Å². The van der Waals surface area contributed by atoms with E-state index in [1.54, 1.807) is 19.2 Å². The summed E-state index contributed by atoms with van der Waals surface area (Å²) in [6, 6.07) is 6.84. The fourth-order valence-corrected chi connectivity index (χ4v) is 2.95. The van der Waals surface area contributed by atoms with Gasteiger partial charge in [-0.25, -0.2) is 4.39 Å². The molecule has 6 heteroatoms. The van der Waals surface area contributed by atoms with Crippen LogP contribution in [0.3, 0.4) is 0 Å². The summed E-state index contributed by atoms with van der Waals surface area (Å²) in [6.07, 6.45) is 4.13. The monoisotopic (exact) mass is 405 g/mol. The summed E-state index contributed by atoms with van der Waals surface area (Å²) < 4.78 is 18.7. The van der Waals surface area contributed by atoms with Gasteiger partial charge in [-0.3, -0.25) is 4.99 Å². The molecule has 116 valence electrons. The zero-order valence-electron chi connectivity index (χ0n) is 12.0. The molecule has 0 aromatic heterocycles. The van der Waals surface area contributed by atoms with Crippen LogP contribution in [0.25, 0.3) is 0 Å². The molecule has 3 unspecified atom stereocenters. The van der Waals surface area contributed by atoms with Crippen molar-refractivity contribution in [1.82, 2.24) is 10.6 Å². The zero-order valence-corrected chi connectivity index (χ0v) is 14.3. The highest BCUT2D eigenvalue weighted by Gasteiger charge is 2.41. The molecule has 2 saturated heterocycles. The summed E-state index contributed by atoms with van der Waals surface area (Å²) in [6.45, 7) is 0.627. The van der Waals surface area contributed by atoms with Crippen molar-refractivity contribution in [2.45, 2.75) is 44.1 Å². The summed E-state index contributed by atoms with van der Waals surface area (Å²) in [5, 5.41) is 6.67. The predicted molar refractivity (Wildman–Crippen MR) is 91.4 cm³/mol. The van der Waals surface area contributed by atoms with E-state index in [9.17, 15) is 4.39 Å². The van der Waals surface area contributed by atoms with Crippen LogP contribution in [-0.4, -0.2) is 31.3 Å². The Bertz CT molecular complexity index is 494. The highest BCUT2D eigenvalue weighted by molar-refractivity contribution is 14.0. The number of hydrogen-bond donors (Lipinski definition) is 2. The Morgan fingerprint density at radius 3 is 2.67 bits per heavy atom. The normalized spacial score (nSPS) is 27.3. The zero-order chi connectivity index (χ0) is 13.9. The first-order chi connectivity index (χ1) is 9.74. The van der Waals surface area contributed by atoms with Crippen molar-refractivity contribution in [2.75, 3.05) is 7.05 Å². The molecular weight excluding hydrogens is 384 g/mol. The number of aliphatic imine (C=N–C) groups is 1. The second-order valence-corrected chi connectivity index (χ2v) is 5.41. The topological polar surface area (TPSA) is 45.7 Å². The Morgan fingerprint density at radius 2 is 2.10 bits per heavy atom. The van der Waals surface area contributed by atoms with E-state index in [1.165, 1.54) is 18.6 Å². The number of benzene rings is 1. The van der Waals surface area contributed by atoms with Crippen molar-refractivity contribution < 1.29 is 9.13 Å². The second-order valence-electron chi connectivity index (χ2n) is 5.41. The number of hydrogen-bond acceptors (Lipinski definition) is 2. The van der Waals surface area contributed by atoms with E-state index in [2.05, 4.69) is 15.6 Å². The standard InChI is InChI=1S/C15H20FN3O.HI/c1-17-15(18-9-10-2-4-11(16)5-3-10)19-13-8-12-6-7-14(13)20-12;/h2-5,12-14H,6-9H2,1H3,(H2,17,18,19);1H. The molecule has 21 heavy (non-hydrogen) atoms. The number of nitrogens with zero attached hydrogens (tertiary/aromatic N) is 1. The molecule has 0 radical (unpaired) electrons. The third kappa shape index (κ3) is 4.06. The molecule has 4 nitrogen and oxygen atoms in total. The van der Waals surface area contributed by atoms with Crippen molar-refractivity contribution in [3.05, 3.63) is 35.6 Å². The van der Waals surface area contributed by atoms with Crippen molar-refractivity contribution >= 4 is 29.9 Å². The van der Waals surface area contributed by atoms with Crippen LogP contribution in [0.15, 0.2) is 29.3 Å². The summed E-state index contributed by atoms with van der Waals surface area (Å²) in [5.74, 6) is 0.561. The lowest BCUT2D eigenvalue weighted by molar-refractivity contribution is 0.0992. The van der Waals surface area contributed by atoms with Crippen LogP contribution in [0.4, 0.5) is 4.39 Å². The van der Waals surface area contributed by atoms with Gasteiger partial charge in [-0.15, -0.1) is 24.0 Å². The van der Waals surface area contributed by atoms with E-state index >= 15 is 0 Å². The van der Waals surface area contributed by atoms with E-state index in [1.807, 2.05) is 0 Å². The Hall–Kier alpha value is -0.890. The average molecular weight is 405 g/mol. The lowest BCUT2D eigenvalue weighted by Crippen LogP contribution is -2.47. The Balaban J connectivity index is 0.00000161. The maximum Gasteiger partial charge on any atom is 0.191 e. The summed E-state index contributed by atoms with van der Waals surface area (Å²) in [4.78, 5) is 4.23. The molecule has 0 amide bonds. The fourth-order valence-electron chi connectivity index (χ4n) is 2.95. The smallest absolute Gasteiger partial charge is 0.191 e. The Labute approximate surface area is 141 Å². The fraction of sp³-hybridized carbons (Fsp3) is 0.533. The van der Waals surface area contributed by atoms with Crippen molar-refractivity contribution in [3.8, 4) is 0 Å². The number of guanidine groups is 1. The highest BCUT2D eigenvalue weighted by Crippen LogP contribution is 2.34. The molecule has 2 aliphatic rings. The molecular formula is C15H21FIN3O. The van der Waals surface area contributed by atoms with Crippen LogP contribution in [0, 0.1) is 5.82 Å². The summed E-state index contributed by atoms with van der Waals surface area (Å²) in [5.41, 5.74) is 1.03. The molecule has 2 bridgehead atoms. The van der Waals surface area contributed by atoms with Crippen LogP contribution in [0.5, 0.6) is 0 Å². The quantitative estimate of drug-likeness (QED) is 0.462. The Morgan fingerprint density at radius 1 is 1.33 bits per heavy atom. The number of fused-ring (bicyclic) bond motifs is 2. The van der Waals surface area contributed by atoms with E-state index in [4.69, 9.17) is 4.74 Å². The maximum atomic E-state index is 12.8. The molecule has 1 aromatic rings. The van der Waals surface area contributed by atoms with Crippen LogP contribution < -0.4 is 10.6 Å². The molecule has 2 fully saturated rings. The SMILES string of the molecule is CN=C(NCc1ccc(F)cc1)NC1CC2CCC1O2.I. The van der Waals surface area contributed by atoms with Crippen molar-refractivity contribution in [1.29, 1.82) is 0 Å². The highest BCUT2D eigenvalue weighted by atomic mass is 127. The van der Waals surface area contributed by atoms with Crippen LogP contribution >= 0.6 is 24.0 Å². The molecule has 3 rings (SSSR count). The van der Waals surface area contributed by atoms with E-state index in [0.29, 0.717) is 24.8 Å². The molecule has 3 atom stereocenters. The van der Waals surface area contributed by atoms with E-state index < -0.39 is 0 Å². The van der Waals surface area contributed by atoms with E-state index in [-0.39, 0.29) is 29.8 Å². The van der Waals surface area contributed by atoms with Gasteiger partial charge >= 0.3 is 0 Å². The van der Waals surface area contributed by atoms with Gasteiger partial charge in [0, 0.05) is 13.6 Å². The molecule has 1 aromatic carbocycles. The first-order valence-electron chi connectivity index (χ1n) is 7.11. The largest absolute Gasteiger partial charge is 0.373 e. The minimum Gasteiger partial charge on any atom is -0.373 e. The van der Waals surface area contributed by atoms with Gasteiger partial charge < -0.3 is 15.4 Å². The second kappa shape index (κ2) is 7.40. The predicted octanol–water partition coefficient (Wildman–Crippen LogP) is 2.43. The molecule has 2 heterocycles. The van der Waals surface area contributed by atoms with Crippen molar-refractivity contribution in [3.63, 3.8) is 0 Å². The van der Waals surface area contributed by atoms with Crippen LogP contribution in [-0.2, 0) is 11.3 Å². The number of nitrogens with one attached hydrogen (secondary N) is 2. The number of ether oxygens (including phenoxy) is 1. The van der Waals surface area contributed by atoms with Gasteiger partial charge in [0.25, 0.3) is 0 Å². The van der Waals surface area contributed by atoms with Crippen LogP contribution in [0.2, 0.25) is 0 Å². The maximum absolute atomic E-state index is 12.8. The average Bonchev–Trinajstić information content (AvgIpc) is 3.07. The minimum absolute atomic E-state index is 0. The first kappa shape index (κ1) is 16.5. The summed E-state index contributed by atoms with van der Waals surface area (Å²) in [7, 11) is 1.76. The third-order valence-corrected chi connectivity index (χ3v) is 4.02. The molecule has 0 aliphatic carbocycles. The third-order valence-electron chi connectivity index (χ3n) is 4.02. The van der Waals surface area contributed by atoms with Gasteiger partial charge in [0.05, 0.1) is 18.2 Å². The molecule has 0 saturated carbocycles. The molecule has 2 aliphatic heterocycles. The summed E-state index contributed by atoms with van der Waals surface area (Å²) >= 11 is 0. The van der Waals surface area contributed by atoms with Crippen LogP contribution in [0.1, 0.15) is 24.8 Å². The first-order valence-corrected chi connectivity index (χ1v) is 7.11.